The molecule has 6 rings (SSSR count). The number of carboxylic acids is 1. The monoisotopic (exact) mass is 474 g/mol. The second kappa shape index (κ2) is 8.40. The van der Waals surface area contributed by atoms with E-state index in [0.29, 0.717) is 31.6 Å². The zero-order valence-electron chi connectivity index (χ0n) is 19.5. The largest absolute Gasteiger partial charge is 0.481 e. The second-order valence-corrected chi connectivity index (χ2v) is 10.6. The third kappa shape index (κ3) is 3.68. The molecule has 0 bridgehead atoms. The topological polar surface area (TPSA) is 105 Å². The molecule has 0 aliphatic heterocycles. The molecule has 182 valence electrons. The minimum absolute atomic E-state index is 0.00126. The minimum atomic E-state index is -0.932. The van der Waals surface area contributed by atoms with E-state index in [1.165, 1.54) is 11.1 Å². The Morgan fingerprint density at radius 3 is 2.20 bits per heavy atom. The highest BCUT2D eigenvalue weighted by molar-refractivity contribution is 5.91. The number of benzene rings is 2. The molecule has 0 radical (unpaired) electrons. The van der Waals surface area contributed by atoms with Crippen molar-refractivity contribution in [3.05, 3.63) is 59.7 Å². The van der Waals surface area contributed by atoms with Gasteiger partial charge >= 0.3 is 12.1 Å². The van der Waals surface area contributed by atoms with Gasteiger partial charge in [0.2, 0.25) is 5.91 Å². The lowest BCUT2D eigenvalue weighted by Crippen LogP contribution is -2.66. The molecule has 3 saturated carbocycles. The summed E-state index contributed by atoms with van der Waals surface area (Å²) in [5.41, 5.74) is 3.70. The van der Waals surface area contributed by atoms with Gasteiger partial charge in [0.05, 0.1) is 5.92 Å². The summed E-state index contributed by atoms with van der Waals surface area (Å²) in [6.07, 6.45) is 3.62. The van der Waals surface area contributed by atoms with Crippen molar-refractivity contribution < 1.29 is 24.2 Å². The number of fused-ring (bicyclic) bond motifs is 4. The Morgan fingerprint density at radius 1 is 0.943 bits per heavy atom. The van der Waals surface area contributed by atoms with Crippen molar-refractivity contribution in [2.75, 3.05) is 6.61 Å². The highest BCUT2D eigenvalue weighted by Gasteiger charge is 2.53. The van der Waals surface area contributed by atoms with E-state index in [1.54, 1.807) is 0 Å². The number of aliphatic carboxylic acids is 1. The molecule has 4 aliphatic rings. The van der Waals surface area contributed by atoms with Crippen LogP contribution < -0.4 is 10.6 Å². The molecule has 2 amide bonds. The molecule has 2 aromatic carbocycles. The van der Waals surface area contributed by atoms with Gasteiger partial charge in [0.1, 0.15) is 12.1 Å². The Bertz CT molecular complexity index is 1140. The highest BCUT2D eigenvalue weighted by atomic mass is 16.5. The van der Waals surface area contributed by atoms with Crippen LogP contribution in [-0.4, -0.2) is 41.3 Å². The predicted molar refractivity (Wildman–Crippen MR) is 129 cm³/mol. The molecular formula is C28H30N2O5. The van der Waals surface area contributed by atoms with Crippen molar-refractivity contribution >= 4 is 18.0 Å². The van der Waals surface area contributed by atoms with Gasteiger partial charge in [0.25, 0.3) is 0 Å². The first kappa shape index (κ1) is 22.1. The van der Waals surface area contributed by atoms with Crippen molar-refractivity contribution in [1.82, 2.24) is 10.6 Å². The number of hydrogen-bond donors (Lipinski definition) is 3. The highest BCUT2D eigenvalue weighted by Crippen LogP contribution is 2.50. The number of carbonyl (C=O) groups excluding carboxylic acids is 2. The van der Waals surface area contributed by atoms with E-state index in [0.717, 1.165) is 24.0 Å². The van der Waals surface area contributed by atoms with Gasteiger partial charge < -0.3 is 20.5 Å². The summed E-state index contributed by atoms with van der Waals surface area (Å²) in [7, 11) is 0. The Hall–Kier alpha value is -3.35. The third-order valence-electron chi connectivity index (χ3n) is 8.82. The van der Waals surface area contributed by atoms with Crippen LogP contribution in [0.5, 0.6) is 0 Å². The van der Waals surface area contributed by atoms with E-state index in [1.807, 2.05) is 24.3 Å². The number of ether oxygens (including phenoxy) is 1. The molecule has 1 unspecified atom stereocenters. The van der Waals surface area contributed by atoms with Crippen LogP contribution in [0.1, 0.15) is 55.6 Å². The molecule has 0 spiro atoms. The summed E-state index contributed by atoms with van der Waals surface area (Å²) < 4.78 is 5.68. The maximum atomic E-state index is 13.2. The quantitative estimate of drug-likeness (QED) is 0.586. The number of carboxylic acid groups (broad SMARTS) is 1. The van der Waals surface area contributed by atoms with E-state index in [4.69, 9.17) is 4.74 Å². The molecule has 4 atom stereocenters. The van der Waals surface area contributed by atoms with Gasteiger partial charge in [-0.25, -0.2) is 4.79 Å². The normalized spacial score (nSPS) is 27.4. The van der Waals surface area contributed by atoms with E-state index in [-0.39, 0.29) is 36.3 Å². The smallest absolute Gasteiger partial charge is 0.408 e. The average Bonchev–Trinajstić information content (AvgIpc) is 3.33. The molecule has 35 heavy (non-hydrogen) atoms. The second-order valence-electron chi connectivity index (χ2n) is 10.6. The van der Waals surface area contributed by atoms with Gasteiger partial charge in [-0.3, -0.25) is 9.59 Å². The van der Waals surface area contributed by atoms with Crippen LogP contribution in [-0.2, 0) is 14.3 Å². The lowest BCUT2D eigenvalue weighted by molar-refractivity contribution is -0.141. The van der Waals surface area contributed by atoms with E-state index in [2.05, 4.69) is 34.9 Å². The molecule has 2 aromatic rings. The van der Waals surface area contributed by atoms with Gasteiger partial charge in [-0.2, -0.15) is 0 Å². The minimum Gasteiger partial charge on any atom is -0.481 e. The van der Waals surface area contributed by atoms with Crippen molar-refractivity contribution in [3.63, 3.8) is 0 Å². The third-order valence-corrected chi connectivity index (χ3v) is 8.82. The lowest BCUT2D eigenvalue weighted by Gasteiger charge is -2.46. The molecule has 3 fully saturated rings. The summed E-state index contributed by atoms with van der Waals surface area (Å²) in [6.45, 7) is 0.209. The molecule has 0 aromatic heterocycles. The average molecular weight is 475 g/mol. The first-order chi connectivity index (χ1) is 16.9. The standard InChI is InChI=1S/C28H30N2O5/c31-25(32)17-12-16-14-24(22(16)13-17)29-26(33)28(10-5-11-28)30-27(34)35-15-23-20-8-3-1-6-18(20)19-7-2-4-9-21(19)23/h1-4,6-9,16-17,22-24H,5,10-15H2,(H,29,33)(H,30,34)(H,31,32)/t16-,17?,22-,24+/m1/s1. The maximum absolute atomic E-state index is 13.2. The molecule has 0 saturated heterocycles. The molecule has 4 aliphatic carbocycles. The number of hydrogen-bond acceptors (Lipinski definition) is 4. The van der Waals surface area contributed by atoms with Crippen LogP contribution in [0.15, 0.2) is 48.5 Å². The fourth-order valence-electron chi connectivity index (χ4n) is 6.67. The van der Waals surface area contributed by atoms with Crippen LogP contribution in [0, 0.1) is 17.8 Å². The van der Waals surface area contributed by atoms with Crippen molar-refractivity contribution in [1.29, 1.82) is 0 Å². The Kier molecular flexibility index (Phi) is 5.31. The van der Waals surface area contributed by atoms with Gasteiger partial charge in [0, 0.05) is 12.0 Å². The Balaban J connectivity index is 1.07. The van der Waals surface area contributed by atoms with E-state index in [9.17, 15) is 19.5 Å². The zero-order valence-corrected chi connectivity index (χ0v) is 19.5. The number of amides is 2. The van der Waals surface area contributed by atoms with E-state index >= 15 is 0 Å². The van der Waals surface area contributed by atoms with Crippen LogP contribution in [0.4, 0.5) is 4.79 Å². The number of rotatable bonds is 6. The molecular weight excluding hydrogens is 444 g/mol. The zero-order chi connectivity index (χ0) is 24.2. The van der Waals surface area contributed by atoms with Gasteiger partial charge in [-0.05, 0) is 72.6 Å². The Morgan fingerprint density at radius 2 is 1.60 bits per heavy atom. The number of alkyl carbamates (subject to hydrolysis) is 1. The molecule has 7 nitrogen and oxygen atoms in total. The van der Waals surface area contributed by atoms with E-state index < -0.39 is 17.6 Å². The fraction of sp³-hybridized carbons (Fsp3) is 0.464. The van der Waals surface area contributed by atoms with Gasteiger partial charge in [0.15, 0.2) is 0 Å². The van der Waals surface area contributed by atoms with Crippen LogP contribution in [0.3, 0.4) is 0 Å². The van der Waals surface area contributed by atoms with Crippen molar-refractivity contribution in [3.8, 4) is 11.1 Å². The lowest BCUT2D eigenvalue weighted by atomic mass is 9.70. The van der Waals surface area contributed by atoms with Crippen LogP contribution in [0.2, 0.25) is 0 Å². The van der Waals surface area contributed by atoms with Crippen molar-refractivity contribution in [2.45, 2.75) is 56.0 Å². The Labute approximate surface area is 204 Å². The number of nitrogens with one attached hydrogen (secondary N) is 2. The van der Waals surface area contributed by atoms with Crippen LogP contribution >= 0.6 is 0 Å². The molecule has 0 heterocycles. The molecule has 7 heteroatoms. The van der Waals surface area contributed by atoms with Gasteiger partial charge in [-0.15, -0.1) is 0 Å². The summed E-state index contributed by atoms with van der Waals surface area (Å²) >= 11 is 0. The maximum Gasteiger partial charge on any atom is 0.408 e. The first-order valence-corrected chi connectivity index (χ1v) is 12.6. The summed E-state index contributed by atoms with van der Waals surface area (Å²) in [5, 5.41) is 15.3. The summed E-state index contributed by atoms with van der Waals surface area (Å²) in [5.74, 6) is -0.629. The van der Waals surface area contributed by atoms with Crippen LogP contribution in [0.25, 0.3) is 11.1 Å². The SMILES string of the molecule is O=C(NC1(C(=O)N[C@H]2C[C@H]3CC(C(=O)O)C[C@H]32)CCC1)OCC1c2ccccc2-c2ccccc21. The van der Waals surface area contributed by atoms with Gasteiger partial charge in [-0.1, -0.05) is 48.5 Å². The molecule has 3 N–H and O–H groups in total. The summed E-state index contributed by atoms with van der Waals surface area (Å²) in [6, 6.07) is 16.4. The predicted octanol–water partition coefficient (Wildman–Crippen LogP) is 4.06. The number of carbonyl (C=O) groups is 3. The summed E-state index contributed by atoms with van der Waals surface area (Å²) in [4.78, 5) is 37.3. The first-order valence-electron chi connectivity index (χ1n) is 12.6. The van der Waals surface area contributed by atoms with Crippen molar-refractivity contribution in [2.24, 2.45) is 17.8 Å². The fourth-order valence-corrected chi connectivity index (χ4v) is 6.67.